The first kappa shape index (κ1) is 11.7. The standard InChI is InChI=1S/C7H15O4P/c1-4-7(8)11-6(2)5-10-12(3)9/h6,12H,4-5H2,1-3H3. The number of carbonyl (C=O) groups is 1. The molecule has 0 radical (unpaired) electrons. The van der Waals surface area contributed by atoms with Gasteiger partial charge in [-0.1, -0.05) is 6.92 Å². The van der Waals surface area contributed by atoms with Gasteiger partial charge in [0.1, 0.15) is 6.10 Å². The normalized spacial score (nSPS) is 15.2. The lowest BCUT2D eigenvalue weighted by molar-refractivity contribution is -0.149. The molecule has 0 fully saturated rings. The molecule has 5 heteroatoms. The summed E-state index contributed by atoms with van der Waals surface area (Å²) in [7, 11) is -1.91. The Morgan fingerprint density at radius 3 is 2.58 bits per heavy atom. The van der Waals surface area contributed by atoms with E-state index in [1.165, 1.54) is 6.66 Å². The zero-order chi connectivity index (χ0) is 9.56. The van der Waals surface area contributed by atoms with Crippen molar-refractivity contribution in [2.24, 2.45) is 0 Å². The Bertz CT molecular complexity index is 169. The summed E-state index contributed by atoms with van der Waals surface area (Å²) in [6.45, 7) is 5.13. The first-order valence-electron chi connectivity index (χ1n) is 3.89. The van der Waals surface area contributed by atoms with Crippen LogP contribution < -0.4 is 0 Å². The molecule has 0 aliphatic carbocycles. The van der Waals surface area contributed by atoms with Gasteiger partial charge in [-0.15, -0.1) is 0 Å². The van der Waals surface area contributed by atoms with Gasteiger partial charge in [-0.25, -0.2) is 0 Å². The summed E-state index contributed by atoms with van der Waals surface area (Å²) in [6.07, 6.45) is 0.0393. The van der Waals surface area contributed by atoms with E-state index in [4.69, 9.17) is 9.26 Å². The molecule has 2 atom stereocenters. The van der Waals surface area contributed by atoms with E-state index in [1.807, 2.05) is 0 Å². The Balaban J connectivity index is 3.52. The molecule has 72 valence electrons. The summed E-state index contributed by atoms with van der Waals surface area (Å²) in [5.74, 6) is -0.262. The summed E-state index contributed by atoms with van der Waals surface area (Å²) in [5.41, 5.74) is 0. The van der Waals surface area contributed by atoms with Crippen molar-refractivity contribution < 1.29 is 18.6 Å². The smallest absolute Gasteiger partial charge is 0.305 e. The highest BCUT2D eigenvalue weighted by atomic mass is 31.1. The van der Waals surface area contributed by atoms with Crippen molar-refractivity contribution in [3.8, 4) is 0 Å². The van der Waals surface area contributed by atoms with Crippen molar-refractivity contribution in [2.45, 2.75) is 26.4 Å². The lowest BCUT2D eigenvalue weighted by Crippen LogP contribution is -2.18. The van der Waals surface area contributed by atoms with E-state index in [0.717, 1.165) is 0 Å². The molecule has 0 aliphatic heterocycles. The van der Waals surface area contributed by atoms with Crippen LogP contribution in [-0.4, -0.2) is 25.3 Å². The fraction of sp³-hybridized carbons (Fsp3) is 0.857. The Kier molecular flexibility index (Phi) is 6.03. The number of ether oxygens (including phenoxy) is 1. The van der Waals surface area contributed by atoms with E-state index in [9.17, 15) is 9.36 Å². The summed E-state index contributed by atoms with van der Waals surface area (Å²) < 4.78 is 20.2. The molecule has 0 amide bonds. The molecular weight excluding hydrogens is 179 g/mol. The van der Waals surface area contributed by atoms with Crippen molar-refractivity contribution in [1.82, 2.24) is 0 Å². The lowest BCUT2D eigenvalue weighted by atomic mass is 10.4. The Morgan fingerprint density at radius 1 is 1.58 bits per heavy atom. The predicted molar refractivity (Wildman–Crippen MR) is 46.7 cm³/mol. The number of esters is 1. The van der Waals surface area contributed by atoms with E-state index in [2.05, 4.69) is 0 Å². The van der Waals surface area contributed by atoms with Gasteiger partial charge in [-0.2, -0.15) is 0 Å². The van der Waals surface area contributed by atoms with E-state index in [0.29, 0.717) is 6.42 Å². The SMILES string of the molecule is CCC(=O)OC(C)CO[PH](C)=O. The van der Waals surface area contributed by atoms with Crippen molar-refractivity contribution in [3.63, 3.8) is 0 Å². The zero-order valence-electron chi connectivity index (χ0n) is 7.62. The fourth-order valence-electron chi connectivity index (χ4n) is 0.576. The number of hydrogen-bond acceptors (Lipinski definition) is 4. The van der Waals surface area contributed by atoms with E-state index < -0.39 is 8.03 Å². The second-order valence-electron chi connectivity index (χ2n) is 2.46. The van der Waals surface area contributed by atoms with Crippen LogP contribution in [0.5, 0.6) is 0 Å². The summed E-state index contributed by atoms with van der Waals surface area (Å²) in [4.78, 5) is 10.7. The highest BCUT2D eigenvalue weighted by Gasteiger charge is 2.07. The lowest BCUT2D eigenvalue weighted by Gasteiger charge is -2.11. The van der Waals surface area contributed by atoms with Crippen LogP contribution in [0.2, 0.25) is 0 Å². The van der Waals surface area contributed by atoms with Gasteiger partial charge in [0.2, 0.25) is 0 Å². The zero-order valence-corrected chi connectivity index (χ0v) is 8.62. The molecule has 0 aromatic carbocycles. The molecule has 12 heavy (non-hydrogen) atoms. The molecule has 0 heterocycles. The van der Waals surface area contributed by atoms with Gasteiger partial charge in [-0.05, 0) is 6.92 Å². The maximum atomic E-state index is 10.7. The van der Waals surface area contributed by atoms with Gasteiger partial charge in [0.05, 0.1) is 6.61 Å². The van der Waals surface area contributed by atoms with Crippen LogP contribution >= 0.6 is 8.03 Å². The Hall–Kier alpha value is -0.340. The van der Waals surface area contributed by atoms with E-state index in [-0.39, 0.29) is 18.7 Å². The second kappa shape index (κ2) is 6.21. The number of hydrogen-bond donors (Lipinski definition) is 0. The topological polar surface area (TPSA) is 52.6 Å². The van der Waals surface area contributed by atoms with Crippen LogP contribution in [0.1, 0.15) is 20.3 Å². The quantitative estimate of drug-likeness (QED) is 0.491. The average Bonchev–Trinajstić information content (AvgIpc) is 2.00. The highest BCUT2D eigenvalue weighted by Crippen LogP contribution is 2.15. The summed E-state index contributed by atoms with van der Waals surface area (Å²) >= 11 is 0. The Morgan fingerprint density at radius 2 is 2.17 bits per heavy atom. The molecule has 0 bridgehead atoms. The van der Waals surface area contributed by atoms with Crippen LogP contribution in [0.25, 0.3) is 0 Å². The summed E-state index contributed by atoms with van der Waals surface area (Å²) in [6, 6.07) is 0. The van der Waals surface area contributed by atoms with Gasteiger partial charge < -0.3 is 9.26 Å². The van der Waals surface area contributed by atoms with E-state index >= 15 is 0 Å². The van der Waals surface area contributed by atoms with Gasteiger partial charge in [-0.3, -0.25) is 9.36 Å². The number of carbonyl (C=O) groups excluding carboxylic acids is 1. The van der Waals surface area contributed by atoms with Crippen LogP contribution in [0, 0.1) is 0 Å². The highest BCUT2D eigenvalue weighted by molar-refractivity contribution is 7.38. The molecule has 0 saturated carbocycles. The minimum Gasteiger partial charge on any atom is -0.460 e. The van der Waals surface area contributed by atoms with E-state index in [1.54, 1.807) is 13.8 Å². The molecule has 0 N–H and O–H groups in total. The largest absolute Gasteiger partial charge is 0.460 e. The molecule has 0 aromatic heterocycles. The second-order valence-corrected chi connectivity index (χ2v) is 3.73. The predicted octanol–water partition coefficient (Wildman–Crippen LogP) is 1.45. The van der Waals surface area contributed by atoms with Crippen LogP contribution in [0.15, 0.2) is 0 Å². The third-order valence-corrected chi connectivity index (χ3v) is 1.72. The van der Waals surface area contributed by atoms with Crippen molar-refractivity contribution >= 4 is 14.0 Å². The monoisotopic (exact) mass is 194 g/mol. The molecule has 0 aliphatic rings. The molecule has 0 spiro atoms. The minimum absolute atomic E-state index is 0.208. The molecule has 4 nitrogen and oxygen atoms in total. The number of rotatable bonds is 5. The van der Waals surface area contributed by atoms with Gasteiger partial charge in [0.25, 0.3) is 0 Å². The third-order valence-electron chi connectivity index (χ3n) is 1.14. The first-order valence-corrected chi connectivity index (χ1v) is 5.70. The van der Waals surface area contributed by atoms with Gasteiger partial charge in [0.15, 0.2) is 8.03 Å². The van der Waals surface area contributed by atoms with Gasteiger partial charge in [0, 0.05) is 13.1 Å². The van der Waals surface area contributed by atoms with Crippen molar-refractivity contribution in [1.29, 1.82) is 0 Å². The summed E-state index contributed by atoms with van der Waals surface area (Å²) in [5, 5.41) is 0. The van der Waals surface area contributed by atoms with Crippen LogP contribution in [-0.2, 0) is 18.6 Å². The van der Waals surface area contributed by atoms with Gasteiger partial charge >= 0.3 is 5.97 Å². The molecule has 0 aromatic rings. The van der Waals surface area contributed by atoms with Crippen LogP contribution in [0.3, 0.4) is 0 Å². The van der Waals surface area contributed by atoms with Crippen molar-refractivity contribution in [3.05, 3.63) is 0 Å². The minimum atomic E-state index is -1.91. The average molecular weight is 194 g/mol. The molecule has 0 rings (SSSR count). The first-order chi connectivity index (χ1) is 5.56. The maximum absolute atomic E-state index is 10.7. The molecular formula is C7H15O4P. The maximum Gasteiger partial charge on any atom is 0.305 e. The molecule has 0 saturated heterocycles. The Labute approximate surface area is 73.1 Å². The van der Waals surface area contributed by atoms with Crippen LogP contribution in [0.4, 0.5) is 0 Å². The van der Waals surface area contributed by atoms with Crippen molar-refractivity contribution in [2.75, 3.05) is 13.3 Å². The molecule has 2 unspecified atom stereocenters. The fourth-order valence-corrected chi connectivity index (χ4v) is 1.05. The third kappa shape index (κ3) is 6.38.